The first-order chi connectivity index (χ1) is 16.5. The standard InChI is InChI=1S/C24H32N4O5S/c1-2-3-15-24(27-34(30)31,23(29)33-19-21-9-5-4-6-10-21)18-20-11-13-22(14-12-20)32-17-8-7-16-26-28-25/h4-6,9-14,27H,2-3,7-8,15-19H2,1H3,(H,30,31)/t24-/m1/s1. The molecular formula is C24H32N4O5S. The van der Waals surface area contributed by atoms with Crippen LogP contribution in [0.4, 0.5) is 0 Å². The molecule has 0 aliphatic heterocycles. The Morgan fingerprint density at radius 2 is 1.85 bits per heavy atom. The number of carbonyl (C=O) groups is 1. The predicted molar refractivity (Wildman–Crippen MR) is 131 cm³/mol. The highest BCUT2D eigenvalue weighted by Crippen LogP contribution is 2.25. The molecule has 2 aromatic carbocycles. The monoisotopic (exact) mass is 488 g/mol. The van der Waals surface area contributed by atoms with Crippen LogP contribution in [0.1, 0.15) is 50.2 Å². The van der Waals surface area contributed by atoms with Gasteiger partial charge in [0.05, 0.1) is 6.61 Å². The second-order valence-electron chi connectivity index (χ2n) is 7.93. The fourth-order valence-electron chi connectivity index (χ4n) is 3.47. The highest BCUT2D eigenvalue weighted by Gasteiger charge is 2.41. The van der Waals surface area contributed by atoms with E-state index in [2.05, 4.69) is 14.7 Å². The molecular weight excluding hydrogens is 456 g/mol. The summed E-state index contributed by atoms with van der Waals surface area (Å²) < 4.78 is 35.2. The van der Waals surface area contributed by atoms with Crippen LogP contribution in [0.2, 0.25) is 0 Å². The summed E-state index contributed by atoms with van der Waals surface area (Å²) in [6, 6.07) is 16.6. The molecule has 2 aromatic rings. The summed E-state index contributed by atoms with van der Waals surface area (Å²) in [4.78, 5) is 15.9. The molecule has 184 valence electrons. The molecule has 0 radical (unpaired) electrons. The lowest BCUT2D eigenvalue weighted by molar-refractivity contribution is -0.152. The molecule has 0 saturated heterocycles. The van der Waals surface area contributed by atoms with Crippen molar-refractivity contribution in [3.63, 3.8) is 0 Å². The molecule has 0 aliphatic rings. The lowest BCUT2D eigenvalue weighted by Crippen LogP contribution is -2.55. The number of rotatable bonds is 16. The van der Waals surface area contributed by atoms with Gasteiger partial charge in [0.25, 0.3) is 0 Å². The SMILES string of the molecule is CCCC[C@](Cc1ccc(OCCCCN=[N+]=[N-])cc1)(NS(=O)O)C(=O)OCc1ccccc1. The third-order valence-corrected chi connectivity index (χ3v) is 5.82. The van der Waals surface area contributed by atoms with E-state index in [1.807, 2.05) is 49.4 Å². The van der Waals surface area contributed by atoms with Gasteiger partial charge < -0.3 is 9.47 Å². The summed E-state index contributed by atoms with van der Waals surface area (Å²) in [6.07, 6.45) is 3.56. The Morgan fingerprint density at radius 3 is 2.50 bits per heavy atom. The van der Waals surface area contributed by atoms with Gasteiger partial charge in [0, 0.05) is 17.9 Å². The quantitative estimate of drug-likeness (QED) is 0.0847. The molecule has 0 saturated carbocycles. The Bertz CT molecular complexity index is 952. The number of carbonyl (C=O) groups excluding carboxylic acids is 1. The molecule has 2 atom stereocenters. The number of hydrogen-bond donors (Lipinski definition) is 2. The van der Waals surface area contributed by atoms with E-state index < -0.39 is 22.8 Å². The van der Waals surface area contributed by atoms with Gasteiger partial charge in [-0.2, -0.15) is 4.72 Å². The number of ether oxygens (including phenoxy) is 2. The number of hydrogen-bond acceptors (Lipinski definition) is 5. The average molecular weight is 489 g/mol. The maximum atomic E-state index is 13.2. The van der Waals surface area contributed by atoms with Crippen molar-refractivity contribution in [3.05, 3.63) is 76.2 Å². The molecule has 2 N–H and O–H groups in total. The summed E-state index contributed by atoms with van der Waals surface area (Å²) in [5, 5.41) is 3.49. The van der Waals surface area contributed by atoms with Crippen LogP contribution >= 0.6 is 0 Å². The number of azide groups is 1. The summed E-state index contributed by atoms with van der Waals surface area (Å²) in [7, 11) is 0. The van der Waals surface area contributed by atoms with Crippen molar-refractivity contribution in [1.29, 1.82) is 0 Å². The minimum atomic E-state index is -2.40. The van der Waals surface area contributed by atoms with Crippen molar-refractivity contribution in [3.8, 4) is 5.75 Å². The fourth-order valence-corrected chi connectivity index (χ4v) is 4.06. The van der Waals surface area contributed by atoms with Gasteiger partial charge in [0.1, 0.15) is 17.9 Å². The summed E-state index contributed by atoms with van der Waals surface area (Å²) in [5.74, 6) is 0.115. The van der Waals surface area contributed by atoms with Crippen molar-refractivity contribution in [2.24, 2.45) is 5.11 Å². The lowest BCUT2D eigenvalue weighted by Gasteiger charge is -2.31. The largest absolute Gasteiger partial charge is 0.494 e. The second kappa shape index (κ2) is 15.1. The van der Waals surface area contributed by atoms with E-state index in [0.717, 1.165) is 30.4 Å². The smallest absolute Gasteiger partial charge is 0.327 e. The molecule has 9 nitrogen and oxygen atoms in total. The number of benzene rings is 2. The molecule has 0 bridgehead atoms. The van der Waals surface area contributed by atoms with Gasteiger partial charge in [0.15, 0.2) is 0 Å². The van der Waals surface area contributed by atoms with Crippen LogP contribution in [0.15, 0.2) is 59.7 Å². The lowest BCUT2D eigenvalue weighted by atomic mass is 9.86. The van der Waals surface area contributed by atoms with E-state index in [1.165, 1.54) is 0 Å². The molecule has 34 heavy (non-hydrogen) atoms. The topological polar surface area (TPSA) is 134 Å². The molecule has 1 unspecified atom stereocenters. The Labute approximate surface area is 202 Å². The van der Waals surface area contributed by atoms with Crippen molar-refractivity contribution >= 4 is 17.2 Å². The van der Waals surface area contributed by atoms with Gasteiger partial charge >= 0.3 is 5.97 Å². The van der Waals surface area contributed by atoms with Crippen LogP contribution in [0.3, 0.4) is 0 Å². The van der Waals surface area contributed by atoms with Crippen LogP contribution in [0.25, 0.3) is 10.4 Å². The predicted octanol–water partition coefficient (Wildman–Crippen LogP) is 5.10. The highest BCUT2D eigenvalue weighted by atomic mass is 32.2. The van der Waals surface area contributed by atoms with E-state index in [4.69, 9.17) is 15.0 Å². The zero-order chi connectivity index (χ0) is 24.7. The Balaban J connectivity index is 2.09. The molecule has 0 heterocycles. The fraction of sp³-hybridized carbons (Fsp3) is 0.458. The Kier molecular flexibility index (Phi) is 12.1. The first kappa shape index (κ1) is 27.3. The van der Waals surface area contributed by atoms with Gasteiger partial charge in [-0.25, -0.2) is 9.00 Å². The maximum Gasteiger partial charge on any atom is 0.327 e. The molecule has 10 heteroatoms. The first-order valence-electron chi connectivity index (χ1n) is 11.3. The second-order valence-corrected chi connectivity index (χ2v) is 8.63. The number of nitrogens with zero attached hydrogens (tertiary/aromatic N) is 3. The van der Waals surface area contributed by atoms with Crippen LogP contribution < -0.4 is 9.46 Å². The van der Waals surface area contributed by atoms with Crippen molar-refractivity contribution in [2.45, 2.75) is 57.6 Å². The first-order valence-corrected chi connectivity index (χ1v) is 12.4. The van der Waals surface area contributed by atoms with Crippen LogP contribution in [0, 0.1) is 0 Å². The van der Waals surface area contributed by atoms with E-state index in [0.29, 0.717) is 31.7 Å². The minimum Gasteiger partial charge on any atom is -0.494 e. The third kappa shape index (κ3) is 9.52. The minimum absolute atomic E-state index is 0.0831. The molecule has 0 amide bonds. The van der Waals surface area contributed by atoms with Crippen molar-refractivity contribution in [1.82, 2.24) is 4.72 Å². The number of nitrogens with one attached hydrogen (secondary N) is 1. The zero-order valence-corrected chi connectivity index (χ0v) is 20.2. The van der Waals surface area contributed by atoms with Crippen LogP contribution in [0.5, 0.6) is 5.75 Å². The van der Waals surface area contributed by atoms with E-state index >= 15 is 0 Å². The molecule has 2 rings (SSSR count). The van der Waals surface area contributed by atoms with E-state index in [-0.39, 0.29) is 13.0 Å². The maximum absolute atomic E-state index is 13.2. The Hall–Kier alpha value is -2.91. The average Bonchev–Trinajstić information content (AvgIpc) is 2.84. The molecule has 0 spiro atoms. The summed E-state index contributed by atoms with van der Waals surface area (Å²) in [5.41, 5.74) is 8.59. The van der Waals surface area contributed by atoms with Gasteiger partial charge in [-0.15, -0.1) is 0 Å². The van der Waals surface area contributed by atoms with Crippen molar-refractivity contribution in [2.75, 3.05) is 13.2 Å². The number of esters is 1. The summed E-state index contributed by atoms with van der Waals surface area (Å²) >= 11 is -2.40. The van der Waals surface area contributed by atoms with Gasteiger partial charge in [-0.05, 0) is 48.1 Å². The van der Waals surface area contributed by atoms with Gasteiger partial charge in [-0.1, -0.05) is 67.3 Å². The van der Waals surface area contributed by atoms with Gasteiger partial charge in [0.2, 0.25) is 11.3 Å². The molecule has 0 aliphatic carbocycles. The highest BCUT2D eigenvalue weighted by molar-refractivity contribution is 7.77. The van der Waals surface area contributed by atoms with Crippen LogP contribution in [-0.4, -0.2) is 33.4 Å². The third-order valence-electron chi connectivity index (χ3n) is 5.26. The normalized spacial score (nSPS) is 13.4. The zero-order valence-electron chi connectivity index (χ0n) is 19.4. The molecule has 0 fully saturated rings. The van der Waals surface area contributed by atoms with Gasteiger partial charge in [-0.3, -0.25) is 4.55 Å². The van der Waals surface area contributed by atoms with Crippen LogP contribution in [-0.2, 0) is 33.8 Å². The Morgan fingerprint density at radius 1 is 1.12 bits per heavy atom. The van der Waals surface area contributed by atoms with E-state index in [1.54, 1.807) is 12.1 Å². The van der Waals surface area contributed by atoms with Crippen molar-refractivity contribution < 1.29 is 23.0 Å². The summed E-state index contributed by atoms with van der Waals surface area (Å²) in [6.45, 7) is 3.02. The van der Waals surface area contributed by atoms with E-state index in [9.17, 15) is 13.6 Å². The molecule has 0 aromatic heterocycles. The number of unbranched alkanes of at least 4 members (excludes halogenated alkanes) is 2.